The number of piperidine rings is 1. The summed E-state index contributed by atoms with van der Waals surface area (Å²) in [5.74, 6) is 3.21. The zero-order valence-electron chi connectivity index (χ0n) is 29.4. The molecule has 1 aliphatic rings. The maximum Gasteiger partial charge on any atom is 0.254 e. The average molecular weight is 653 g/mol. The number of hydrogen-bond donors (Lipinski definition) is 0. The summed E-state index contributed by atoms with van der Waals surface area (Å²) >= 11 is 0. The van der Waals surface area contributed by atoms with Gasteiger partial charge in [0.2, 0.25) is 11.7 Å². The van der Waals surface area contributed by atoms with Crippen molar-refractivity contribution < 1.29 is 18.8 Å². The molecule has 1 aliphatic heterocycles. The molecule has 0 spiro atoms. The third kappa shape index (κ3) is 9.47. The summed E-state index contributed by atoms with van der Waals surface area (Å²) in [7, 11) is 3.24. The van der Waals surface area contributed by atoms with E-state index in [4.69, 9.17) is 14.0 Å². The average Bonchev–Trinajstić information content (AvgIpc) is 3.58. The molecule has 8 nitrogen and oxygen atoms in total. The summed E-state index contributed by atoms with van der Waals surface area (Å²) < 4.78 is 16.4. The number of amides is 1. The Morgan fingerprint density at radius 1 is 0.917 bits per heavy atom. The number of unbranched alkanes of at least 4 members (excludes halogenated alkanes) is 2. The number of rotatable bonds is 16. The van der Waals surface area contributed by atoms with Crippen LogP contribution < -0.4 is 9.47 Å². The molecule has 0 unspecified atom stereocenters. The first-order chi connectivity index (χ1) is 23.4. The molecule has 2 heterocycles. The topological polar surface area (TPSA) is 80.9 Å². The largest absolute Gasteiger partial charge is 0.493 e. The minimum Gasteiger partial charge on any atom is -0.493 e. The van der Waals surface area contributed by atoms with Crippen molar-refractivity contribution >= 4 is 5.91 Å². The van der Waals surface area contributed by atoms with Crippen LogP contribution in [-0.2, 0) is 19.4 Å². The van der Waals surface area contributed by atoms with E-state index in [0.717, 1.165) is 61.2 Å². The molecule has 1 saturated heterocycles. The first kappa shape index (κ1) is 35.1. The monoisotopic (exact) mass is 652 g/mol. The van der Waals surface area contributed by atoms with Crippen molar-refractivity contribution in [3.63, 3.8) is 0 Å². The van der Waals surface area contributed by atoms with Gasteiger partial charge in [-0.05, 0) is 85.5 Å². The van der Waals surface area contributed by atoms with Gasteiger partial charge < -0.3 is 23.8 Å². The standard InChI is InChI=1S/C40H52N4O4/c1-6-7-8-9-30-10-17-34(18-11-30)40(45)44(35-21-24-43(25-22-35)23-20-29(2)3)28-31-12-15-33(16-13-31)39-41-38(48-42-39)27-32-14-19-36(46-4)37(26-32)47-5/h10-19,26,29,35H,6-9,20-25,27-28H2,1-5H3. The SMILES string of the molecule is CCCCCc1ccc(C(=O)N(Cc2ccc(-c3noc(Cc4ccc(OC)c(OC)c4)n3)cc2)C2CCN(CCC(C)C)CC2)cc1. The fraction of sp³-hybridized carbons (Fsp3) is 0.475. The molecule has 0 atom stereocenters. The van der Waals surface area contributed by atoms with Crippen molar-refractivity contribution in [3.8, 4) is 22.9 Å². The molecule has 8 heteroatoms. The Balaban J connectivity index is 1.28. The van der Waals surface area contributed by atoms with E-state index in [1.807, 2.05) is 42.5 Å². The molecule has 0 saturated carbocycles. The second kappa shape index (κ2) is 17.3. The lowest BCUT2D eigenvalue weighted by molar-refractivity contribution is 0.0546. The molecule has 3 aromatic carbocycles. The van der Waals surface area contributed by atoms with Crippen LogP contribution in [0.25, 0.3) is 11.4 Å². The molecule has 256 valence electrons. The highest BCUT2D eigenvalue weighted by molar-refractivity contribution is 5.94. The molecule has 1 amide bonds. The number of carbonyl (C=O) groups excluding carboxylic acids is 1. The Morgan fingerprint density at radius 2 is 1.60 bits per heavy atom. The number of aryl methyl sites for hydroxylation is 1. The van der Waals surface area contributed by atoms with Crippen LogP contribution in [0.15, 0.2) is 71.3 Å². The summed E-state index contributed by atoms with van der Waals surface area (Å²) in [5.41, 5.74) is 5.01. The van der Waals surface area contributed by atoms with Crippen LogP contribution >= 0.6 is 0 Å². The van der Waals surface area contributed by atoms with Gasteiger partial charge in [0.15, 0.2) is 11.5 Å². The Labute approximate surface area is 286 Å². The van der Waals surface area contributed by atoms with Crippen LogP contribution in [0.2, 0.25) is 0 Å². The van der Waals surface area contributed by atoms with E-state index in [9.17, 15) is 4.79 Å². The van der Waals surface area contributed by atoms with E-state index in [1.165, 1.54) is 31.2 Å². The van der Waals surface area contributed by atoms with Crippen LogP contribution in [0, 0.1) is 5.92 Å². The van der Waals surface area contributed by atoms with Crippen molar-refractivity contribution in [1.29, 1.82) is 0 Å². The fourth-order valence-corrected chi connectivity index (χ4v) is 6.39. The lowest BCUT2D eigenvalue weighted by Gasteiger charge is -2.39. The number of benzene rings is 3. The van der Waals surface area contributed by atoms with Crippen molar-refractivity contribution in [1.82, 2.24) is 19.9 Å². The normalized spacial score (nSPS) is 14.0. The van der Waals surface area contributed by atoms with Gasteiger partial charge in [0.25, 0.3) is 5.91 Å². The second-order valence-electron chi connectivity index (χ2n) is 13.4. The Hall–Kier alpha value is -4.17. The zero-order valence-corrected chi connectivity index (χ0v) is 29.4. The van der Waals surface area contributed by atoms with Crippen LogP contribution in [-0.4, -0.2) is 65.7 Å². The fourth-order valence-electron chi connectivity index (χ4n) is 6.39. The lowest BCUT2D eigenvalue weighted by Crippen LogP contribution is -2.47. The van der Waals surface area contributed by atoms with Gasteiger partial charge in [-0.25, -0.2) is 0 Å². The first-order valence-electron chi connectivity index (χ1n) is 17.6. The maximum atomic E-state index is 14.1. The summed E-state index contributed by atoms with van der Waals surface area (Å²) in [6.45, 7) is 10.5. The number of carbonyl (C=O) groups is 1. The molecule has 1 aromatic heterocycles. The highest BCUT2D eigenvalue weighted by atomic mass is 16.5. The van der Waals surface area contributed by atoms with E-state index in [1.54, 1.807) is 14.2 Å². The molecule has 0 radical (unpaired) electrons. The molecule has 48 heavy (non-hydrogen) atoms. The lowest BCUT2D eigenvalue weighted by atomic mass is 9.99. The number of likely N-dealkylation sites (tertiary alicyclic amines) is 1. The third-order valence-corrected chi connectivity index (χ3v) is 9.39. The quantitative estimate of drug-likeness (QED) is 0.113. The molecule has 0 N–H and O–H groups in total. The van der Waals surface area contributed by atoms with Crippen molar-refractivity contribution in [2.75, 3.05) is 33.9 Å². The molecular weight excluding hydrogens is 600 g/mol. The number of nitrogens with zero attached hydrogens (tertiary/aromatic N) is 4. The highest BCUT2D eigenvalue weighted by Gasteiger charge is 2.29. The summed E-state index contributed by atoms with van der Waals surface area (Å²) in [6, 6.07) is 22.5. The highest BCUT2D eigenvalue weighted by Crippen LogP contribution is 2.29. The van der Waals surface area contributed by atoms with Crippen LogP contribution in [0.4, 0.5) is 0 Å². The smallest absolute Gasteiger partial charge is 0.254 e. The number of aromatic nitrogens is 2. The molecule has 1 fully saturated rings. The zero-order chi connectivity index (χ0) is 33.9. The maximum absolute atomic E-state index is 14.1. The van der Waals surface area contributed by atoms with Gasteiger partial charge in [0.1, 0.15) is 0 Å². The molecule has 5 rings (SSSR count). The Kier molecular flexibility index (Phi) is 12.7. The van der Waals surface area contributed by atoms with Gasteiger partial charge in [0.05, 0.1) is 20.6 Å². The minimum absolute atomic E-state index is 0.109. The predicted molar refractivity (Wildman–Crippen MR) is 191 cm³/mol. The van der Waals surface area contributed by atoms with Gasteiger partial charge in [0, 0.05) is 36.8 Å². The third-order valence-electron chi connectivity index (χ3n) is 9.39. The van der Waals surface area contributed by atoms with Crippen molar-refractivity contribution in [2.45, 2.75) is 84.7 Å². The first-order valence-corrected chi connectivity index (χ1v) is 17.6. The minimum atomic E-state index is 0.109. The van der Waals surface area contributed by atoms with Gasteiger partial charge >= 0.3 is 0 Å². The molecular formula is C40H52N4O4. The Bertz CT molecular complexity index is 1570. The van der Waals surface area contributed by atoms with E-state index >= 15 is 0 Å². The Morgan fingerprint density at radius 3 is 2.27 bits per heavy atom. The summed E-state index contributed by atoms with van der Waals surface area (Å²) in [5, 5.41) is 4.24. The molecule has 4 aromatic rings. The molecule has 0 aliphatic carbocycles. The second-order valence-corrected chi connectivity index (χ2v) is 13.4. The van der Waals surface area contributed by atoms with E-state index in [0.29, 0.717) is 42.1 Å². The van der Waals surface area contributed by atoms with Crippen LogP contribution in [0.5, 0.6) is 11.5 Å². The van der Waals surface area contributed by atoms with Gasteiger partial charge in [-0.2, -0.15) is 4.98 Å². The van der Waals surface area contributed by atoms with Crippen LogP contribution in [0.1, 0.15) is 92.2 Å². The summed E-state index contributed by atoms with van der Waals surface area (Å²) in [4.78, 5) is 23.4. The van der Waals surface area contributed by atoms with Gasteiger partial charge in [-0.15, -0.1) is 0 Å². The van der Waals surface area contributed by atoms with Gasteiger partial charge in [-0.1, -0.05) is 81.2 Å². The van der Waals surface area contributed by atoms with E-state index < -0.39 is 0 Å². The van der Waals surface area contributed by atoms with Crippen molar-refractivity contribution in [3.05, 3.63) is 94.9 Å². The number of methoxy groups -OCH3 is 2. The number of hydrogen-bond acceptors (Lipinski definition) is 7. The van der Waals surface area contributed by atoms with E-state index in [-0.39, 0.29) is 11.9 Å². The van der Waals surface area contributed by atoms with E-state index in [2.05, 4.69) is 65.0 Å². The van der Waals surface area contributed by atoms with Gasteiger partial charge in [-0.3, -0.25) is 4.79 Å². The predicted octanol–water partition coefficient (Wildman–Crippen LogP) is 8.23. The summed E-state index contributed by atoms with van der Waals surface area (Å²) in [6.07, 6.45) is 8.36. The molecule has 0 bridgehead atoms. The van der Waals surface area contributed by atoms with Crippen molar-refractivity contribution in [2.24, 2.45) is 5.92 Å². The van der Waals surface area contributed by atoms with Crippen LogP contribution in [0.3, 0.4) is 0 Å². The number of ether oxygens (including phenoxy) is 2.